The van der Waals surface area contributed by atoms with Crippen molar-refractivity contribution < 1.29 is 19.2 Å². The van der Waals surface area contributed by atoms with Crippen molar-refractivity contribution >= 4 is 34.8 Å². The van der Waals surface area contributed by atoms with Gasteiger partial charge in [0.1, 0.15) is 6.04 Å². The number of aryl methyl sites for hydroxylation is 1. The molecule has 1 aromatic carbocycles. The fraction of sp³-hybridized carbons (Fsp3) is 0.536. The third-order valence-corrected chi connectivity index (χ3v) is 8.97. The number of piperazine rings is 1. The monoisotopic (exact) mass is 537 g/mol. The summed E-state index contributed by atoms with van der Waals surface area (Å²) in [7, 11) is 0. The molecule has 1 aliphatic carbocycles. The number of ketones is 1. The number of hydrogen-bond donors (Lipinski definition) is 2. The summed E-state index contributed by atoms with van der Waals surface area (Å²) in [6.07, 6.45) is 6.88. The molecular weight excluding hydrogens is 502 g/mol. The van der Waals surface area contributed by atoms with Crippen LogP contribution >= 0.6 is 11.3 Å². The molecule has 1 saturated carbocycles. The molecule has 38 heavy (non-hydrogen) atoms. The lowest BCUT2D eigenvalue weighted by Crippen LogP contribution is -2.61. The summed E-state index contributed by atoms with van der Waals surface area (Å²) in [6.45, 7) is 0.418. The van der Waals surface area contributed by atoms with Gasteiger partial charge >= 0.3 is 0 Å². The molecule has 3 atom stereocenters. The summed E-state index contributed by atoms with van der Waals surface area (Å²) in [4.78, 5) is 60.4. The first kappa shape index (κ1) is 26.5. The van der Waals surface area contributed by atoms with Crippen LogP contribution in [0.1, 0.15) is 60.3 Å². The molecule has 9 nitrogen and oxygen atoms in total. The van der Waals surface area contributed by atoms with E-state index in [0.717, 1.165) is 31.2 Å². The zero-order valence-electron chi connectivity index (χ0n) is 21.5. The van der Waals surface area contributed by atoms with Gasteiger partial charge in [0.2, 0.25) is 23.5 Å². The molecule has 202 valence electrons. The van der Waals surface area contributed by atoms with E-state index in [1.807, 2.05) is 30.3 Å². The highest BCUT2D eigenvalue weighted by atomic mass is 32.1. The van der Waals surface area contributed by atoms with Gasteiger partial charge in [0.15, 0.2) is 5.01 Å². The molecular formula is C28H35N5O4S. The second-order valence-corrected chi connectivity index (χ2v) is 11.6. The average Bonchev–Trinajstić information content (AvgIpc) is 3.62. The van der Waals surface area contributed by atoms with Crippen LogP contribution in [0.4, 0.5) is 0 Å². The van der Waals surface area contributed by atoms with E-state index < -0.39 is 12.1 Å². The third kappa shape index (κ3) is 5.81. The molecule has 0 unspecified atom stereocenters. The van der Waals surface area contributed by atoms with Gasteiger partial charge in [0.25, 0.3) is 0 Å². The number of aromatic nitrogens is 1. The first-order valence-corrected chi connectivity index (χ1v) is 14.4. The van der Waals surface area contributed by atoms with Crippen molar-refractivity contribution in [2.24, 2.45) is 11.7 Å². The molecule has 3 aliphatic rings. The number of carbonyl (C=O) groups excluding carboxylic acids is 4. The first-order valence-electron chi connectivity index (χ1n) is 13.5. The van der Waals surface area contributed by atoms with Gasteiger partial charge in [-0.15, -0.1) is 11.3 Å². The number of hydrogen-bond acceptors (Lipinski definition) is 7. The third-order valence-electron chi connectivity index (χ3n) is 8.18. The zero-order chi connectivity index (χ0) is 26.6. The van der Waals surface area contributed by atoms with Crippen LogP contribution in [0.2, 0.25) is 0 Å². The van der Waals surface area contributed by atoms with Gasteiger partial charge < -0.3 is 20.9 Å². The van der Waals surface area contributed by atoms with E-state index in [9.17, 15) is 19.2 Å². The molecule has 3 N–H and O–H groups in total. The standard InChI is InChI=1S/C28H35N5O4S/c29-20-9-7-19(8-10-20)25(26(36)28-30-14-15-38-28)31-27(37)22-12-11-21-16-32(17-24(35)33(21)22)23(34)13-6-18-4-2-1-3-5-18/h1-5,14-15,19-22,25H,6-13,16-17,29H2,(H,31,37)/t19?,20?,21-,22-,25-/m0/s1. The Kier molecular flexibility index (Phi) is 8.18. The molecule has 2 saturated heterocycles. The summed E-state index contributed by atoms with van der Waals surface area (Å²) in [5, 5.41) is 5.16. The number of nitrogens with zero attached hydrogens (tertiary/aromatic N) is 3. The number of fused-ring (bicyclic) bond motifs is 1. The predicted octanol–water partition coefficient (Wildman–Crippen LogP) is 2.16. The number of carbonyl (C=O) groups is 4. The number of thiazole rings is 1. The number of rotatable bonds is 8. The summed E-state index contributed by atoms with van der Waals surface area (Å²) >= 11 is 1.27. The van der Waals surface area contributed by atoms with Gasteiger partial charge in [-0.1, -0.05) is 30.3 Å². The van der Waals surface area contributed by atoms with Crippen LogP contribution in [0.25, 0.3) is 0 Å². The van der Waals surface area contributed by atoms with Gasteiger partial charge in [-0.05, 0) is 56.4 Å². The highest BCUT2D eigenvalue weighted by molar-refractivity contribution is 7.11. The molecule has 5 rings (SSSR count). The lowest BCUT2D eigenvalue weighted by Gasteiger charge is -2.40. The second-order valence-electron chi connectivity index (χ2n) is 10.7. The Labute approximate surface area is 226 Å². The highest BCUT2D eigenvalue weighted by Crippen LogP contribution is 2.31. The Morgan fingerprint density at radius 1 is 1.08 bits per heavy atom. The summed E-state index contributed by atoms with van der Waals surface area (Å²) in [6, 6.07) is 8.44. The minimum atomic E-state index is -0.684. The molecule has 3 amide bonds. The number of amides is 3. The molecule has 2 aliphatic heterocycles. The molecule has 3 heterocycles. The maximum Gasteiger partial charge on any atom is 0.243 e. The number of Topliss-reactive ketones (excluding diaryl/α,β-unsaturated/α-hetero) is 1. The Bertz CT molecular complexity index is 1150. The molecule has 0 radical (unpaired) electrons. The zero-order valence-corrected chi connectivity index (χ0v) is 22.3. The van der Waals surface area contributed by atoms with Gasteiger partial charge in [-0.2, -0.15) is 0 Å². The van der Waals surface area contributed by atoms with Crippen LogP contribution in [-0.2, 0) is 20.8 Å². The molecule has 3 fully saturated rings. The largest absolute Gasteiger partial charge is 0.344 e. The van der Waals surface area contributed by atoms with E-state index in [1.165, 1.54) is 11.3 Å². The predicted molar refractivity (Wildman–Crippen MR) is 143 cm³/mol. The lowest BCUT2D eigenvalue weighted by atomic mass is 9.80. The van der Waals surface area contributed by atoms with Crippen molar-refractivity contribution in [3.05, 3.63) is 52.5 Å². The molecule has 0 bridgehead atoms. The topological polar surface area (TPSA) is 126 Å². The summed E-state index contributed by atoms with van der Waals surface area (Å²) in [5.41, 5.74) is 7.17. The Morgan fingerprint density at radius 2 is 1.84 bits per heavy atom. The maximum absolute atomic E-state index is 13.5. The SMILES string of the molecule is NC1CCC([C@H](NC(=O)[C@@H]2CC[C@H]3CN(C(=O)CCc4ccccc4)CC(=O)N32)C(=O)c2nccs2)CC1. The van der Waals surface area contributed by atoms with Crippen molar-refractivity contribution in [1.82, 2.24) is 20.1 Å². The quantitative estimate of drug-likeness (QED) is 0.497. The average molecular weight is 538 g/mol. The minimum Gasteiger partial charge on any atom is -0.344 e. The van der Waals surface area contributed by atoms with Crippen LogP contribution < -0.4 is 11.1 Å². The minimum absolute atomic E-state index is 0.0119. The van der Waals surface area contributed by atoms with Crippen LogP contribution in [-0.4, -0.2) is 75.5 Å². The van der Waals surface area contributed by atoms with Gasteiger partial charge in [-0.3, -0.25) is 19.2 Å². The smallest absolute Gasteiger partial charge is 0.243 e. The molecule has 10 heteroatoms. The molecule has 0 spiro atoms. The second kappa shape index (κ2) is 11.7. The van der Waals surface area contributed by atoms with E-state index in [-0.39, 0.29) is 48.1 Å². The highest BCUT2D eigenvalue weighted by Gasteiger charge is 2.46. The van der Waals surface area contributed by atoms with Crippen molar-refractivity contribution in [3.63, 3.8) is 0 Å². The molecule has 2 aromatic rings. The van der Waals surface area contributed by atoms with E-state index in [0.29, 0.717) is 37.2 Å². The number of benzene rings is 1. The maximum atomic E-state index is 13.5. The van der Waals surface area contributed by atoms with Crippen LogP contribution in [0.15, 0.2) is 41.9 Å². The molecule has 1 aromatic heterocycles. The van der Waals surface area contributed by atoms with E-state index in [4.69, 9.17) is 5.73 Å². The Balaban J connectivity index is 1.22. The van der Waals surface area contributed by atoms with Crippen LogP contribution in [0.5, 0.6) is 0 Å². The van der Waals surface area contributed by atoms with Gasteiger partial charge in [-0.25, -0.2) is 4.98 Å². The fourth-order valence-corrected chi connectivity index (χ4v) is 6.72. The number of nitrogens with one attached hydrogen (secondary N) is 1. The Morgan fingerprint density at radius 3 is 2.55 bits per heavy atom. The van der Waals surface area contributed by atoms with Gasteiger partial charge in [0.05, 0.1) is 18.6 Å². The lowest BCUT2D eigenvalue weighted by molar-refractivity contribution is -0.151. The van der Waals surface area contributed by atoms with Crippen LogP contribution in [0, 0.1) is 5.92 Å². The van der Waals surface area contributed by atoms with Crippen LogP contribution in [0.3, 0.4) is 0 Å². The van der Waals surface area contributed by atoms with E-state index in [1.54, 1.807) is 21.4 Å². The van der Waals surface area contributed by atoms with Crippen molar-refractivity contribution in [3.8, 4) is 0 Å². The Hall–Kier alpha value is -3.11. The normalized spacial score (nSPS) is 26.1. The summed E-state index contributed by atoms with van der Waals surface area (Å²) < 4.78 is 0. The summed E-state index contributed by atoms with van der Waals surface area (Å²) in [5.74, 6) is -0.738. The van der Waals surface area contributed by atoms with Crippen molar-refractivity contribution in [1.29, 1.82) is 0 Å². The van der Waals surface area contributed by atoms with Crippen molar-refractivity contribution in [2.45, 2.75) is 75.5 Å². The van der Waals surface area contributed by atoms with Gasteiger partial charge in [0, 0.05) is 30.6 Å². The number of nitrogens with two attached hydrogens (primary N) is 1. The van der Waals surface area contributed by atoms with E-state index in [2.05, 4.69) is 10.3 Å². The van der Waals surface area contributed by atoms with Crippen molar-refractivity contribution in [2.75, 3.05) is 13.1 Å². The van der Waals surface area contributed by atoms with E-state index >= 15 is 0 Å². The fourth-order valence-electron chi connectivity index (χ4n) is 6.11. The first-order chi connectivity index (χ1) is 18.4.